The normalized spacial score (nSPS) is 13.0. The van der Waals surface area contributed by atoms with Crippen LogP contribution in [-0.2, 0) is 30.6 Å². The van der Waals surface area contributed by atoms with Crippen molar-refractivity contribution < 1.29 is 13.9 Å². The molecule has 0 bridgehead atoms. The van der Waals surface area contributed by atoms with Crippen LogP contribution in [0.25, 0.3) is 11.0 Å². The van der Waals surface area contributed by atoms with Crippen molar-refractivity contribution in [2.24, 2.45) is 0 Å². The number of benzene rings is 2. The lowest BCUT2D eigenvalue weighted by molar-refractivity contribution is -0.129. The Morgan fingerprint density at radius 2 is 1.96 bits per heavy atom. The highest BCUT2D eigenvalue weighted by Gasteiger charge is 2.19. The summed E-state index contributed by atoms with van der Waals surface area (Å²) in [5, 5.41) is 1.68. The Balaban J connectivity index is 1.52. The predicted molar refractivity (Wildman–Crippen MR) is 106 cm³/mol. The number of carbonyl (C=O) groups is 1. The van der Waals surface area contributed by atoms with Crippen molar-refractivity contribution in [3.05, 3.63) is 63.9 Å². The van der Waals surface area contributed by atoms with Crippen LogP contribution in [0.4, 0.5) is 0 Å². The molecule has 0 saturated carbocycles. The molecule has 3 aromatic rings. The Morgan fingerprint density at radius 1 is 1.19 bits per heavy atom. The summed E-state index contributed by atoms with van der Waals surface area (Å²) in [5.41, 5.74) is 5.46. The number of rotatable bonds is 5. The zero-order valence-electron chi connectivity index (χ0n) is 15.5. The molecule has 4 nitrogen and oxygen atoms in total. The Labute approximate surface area is 163 Å². The largest absolute Gasteiger partial charge is 0.496 e. The Kier molecular flexibility index (Phi) is 4.83. The molecule has 1 amide bonds. The van der Waals surface area contributed by atoms with E-state index >= 15 is 0 Å². The van der Waals surface area contributed by atoms with Crippen molar-refractivity contribution in [1.29, 1.82) is 0 Å². The van der Waals surface area contributed by atoms with E-state index in [9.17, 15) is 4.79 Å². The number of amides is 1. The average molecular weight is 384 g/mol. The number of hydrogen-bond acceptors (Lipinski definition) is 3. The van der Waals surface area contributed by atoms with Crippen LogP contribution in [0.5, 0.6) is 5.75 Å². The third kappa shape index (κ3) is 3.54. The molecule has 1 heterocycles. The lowest BCUT2D eigenvalue weighted by Crippen LogP contribution is -2.27. The zero-order valence-corrected chi connectivity index (χ0v) is 16.3. The number of nitrogens with zero attached hydrogens (tertiary/aromatic N) is 1. The number of likely N-dealkylation sites (N-methyl/N-ethyl adjacent to an activating group) is 1. The first-order valence-electron chi connectivity index (χ1n) is 9.13. The molecule has 0 radical (unpaired) electrons. The van der Waals surface area contributed by atoms with E-state index in [1.54, 1.807) is 31.4 Å². The van der Waals surface area contributed by atoms with Gasteiger partial charge in [-0.05, 0) is 60.7 Å². The van der Waals surface area contributed by atoms with Crippen molar-refractivity contribution in [2.45, 2.75) is 32.2 Å². The minimum absolute atomic E-state index is 0.0280. The van der Waals surface area contributed by atoms with E-state index in [1.807, 2.05) is 12.1 Å². The van der Waals surface area contributed by atoms with Crippen LogP contribution in [0, 0.1) is 0 Å². The number of carbonyl (C=O) groups excluding carboxylic acids is 1. The second-order valence-corrected chi connectivity index (χ2v) is 7.55. The van der Waals surface area contributed by atoms with Crippen molar-refractivity contribution in [2.75, 3.05) is 14.2 Å². The first kappa shape index (κ1) is 17.9. The molecule has 0 saturated heterocycles. The van der Waals surface area contributed by atoms with Gasteiger partial charge in [0.05, 0.1) is 19.8 Å². The number of ether oxygens (including phenoxy) is 1. The molecule has 140 valence electrons. The minimum atomic E-state index is 0.0280. The molecule has 1 aliphatic carbocycles. The van der Waals surface area contributed by atoms with Crippen LogP contribution >= 0.6 is 11.6 Å². The van der Waals surface area contributed by atoms with Gasteiger partial charge in [0, 0.05) is 35.1 Å². The highest BCUT2D eigenvalue weighted by Crippen LogP contribution is 2.31. The van der Waals surface area contributed by atoms with Gasteiger partial charge in [0.15, 0.2) is 0 Å². The summed E-state index contributed by atoms with van der Waals surface area (Å²) in [6.07, 6.45) is 5.44. The van der Waals surface area contributed by atoms with E-state index in [-0.39, 0.29) is 5.91 Å². The summed E-state index contributed by atoms with van der Waals surface area (Å²) in [6, 6.07) is 9.76. The number of fused-ring (bicyclic) bond motifs is 2. The second kappa shape index (κ2) is 7.28. The van der Waals surface area contributed by atoms with Gasteiger partial charge in [-0.2, -0.15) is 0 Å². The molecule has 0 atom stereocenters. The van der Waals surface area contributed by atoms with Crippen LogP contribution < -0.4 is 4.74 Å². The molecule has 27 heavy (non-hydrogen) atoms. The zero-order chi connectivity index (χ0) is 19.0. The smallest absolute Gasteiger partial charge is 0.227 e. The number of hydrogen-bond donors (Lipinski definition) is 0. The molecule has 0 fully saturated rings. The topological polar surface area (TPSA) is 42.7 Å². The van der Waals surface area contributed by atoms with Gasteiger partial charge in [0.2, 0.25) is 5.91 Å². The van der Waals surface area contributed by atoms with Crippen molar-refractivity contribution in [3.63, 3.8) is 0 Å². The van der Waals surface area contributed by atoms with E-state index in [2.05, 4.69) is 12.1 Å². The van der Waals surface area contributed by atoms with Gasteiger partial charge in [-0.25, -0.2) is 0 Å². The van der Waals surface area contributed by atoms with E-state index in [1.165, 1.54) is 17.5 Å². The van der Waals surface area contributed by atoms with Gasteiger partial charge in [-0.1, -0.05) is 11.6 Å². The predicted octanol–water partition coefficient (Wildman–Crippen LogP) is 4.78. The second-order valence-electron chi connectivity index (χ2n) is 7.11. The fourth-order valence-corrected chi connectivity index (χ4v) is 3.99. The van der Waals surface area contributed by atoms with Crippen molar-refractivity contribution in [1.82, 2.24) is 4.90 Å². The third-order valence-corrected chi connectivity index (χ3v) is 5.52. The molecule has 0 N–H and O–H groups in total. The third-order valence-electron chi connectivity index (χ3n) is 5.29. The van der Waals surface area contributed by atoms with Crippen molar-refractivity contribution >= 4 is 28.5 Å². The Morgan fingerprint density at radius 3 is 2.74 bits per heavy atom. The Hall–Kier alpha value is -2.46. The Bertz CT molecular complexity index is 1010. The van der Waals surface area contributed by atoms with E-state index in [0.29, 0.717) is 18.0 Å². The molecule has 0 aliphatic heterocycles. The molecular formula is C22H22ClNO3. The van der Waals surface area contributed by atoms with Gasteiger partial charge < -0.3 is 14.1 Å². The lowest BCUT2D eigenvalue weighted by Gasteiger charge is -2.19. The SMILES string of the molecule is COc1ccc(Cl)cc1CN(C)C(=O)Cc1coc2cc3c(cc12)CCC3. The molecule has 0 spiro atoms. The molecule has 5 heteroatoms. The summed E-state index contributed by atoms with van der Waals surface area (Å²) < 4.78 is 11.1. The van der Waals surface area contributed by atoms with Gasteiger partial charge in [-0.15, -0.1) is 0 Å². The van der Waals surface area contributed by atoms with Gasteiger partial charge in [-0.3, -0.25) is 4.79 Å². The van der Waals surface area contributed by atoms with Crippen LogP contribution in [0.3, 0.4) is 0 Å². The van der Waals surface area contributed by atoms with Crippen LogP contribution in [0.2, 0.25) is 5.02 Å². The first-order chi connectivity index (χ1) is 13.0. The quantitative estimate of drug-likeness (QED) is 0.636. The summed E-state index contributed by atoms with van der Waals surface area (Å²) in [7, 11) is 3.41. The van der Waals surface area contributed by atoms with Gasteiger partial charge >= 0.3 is 0 Å². The maximum Gasteiger partial charge on any atom is 0.227 e. The highest BCUT2D eigenvalue weighted by atomic mass is 35.5. The van der Waals surface area contributed by atoms with Gasteiger partial charge in [0.25, 0.3) is 0 Å². The molecule has 2 aromatic carbocycles. The first-order valence-corrected chi connectivity index (χ1v) is 9.51. The fraction of sp³-hybridized carbons (Fsp3) is 0.318. The standard InChI is InChI=1S/C22H22ClNO3/c1-24(12-16-8-18(23)6-7-20(16)26-2)22(25)11-17-13-27-21-10-15-5-3-4-14(15)9-19(17)21/h6-10,13H,3-5,11-12H2,1-2H3. The fourth-order valence-electron chi connectivity index (χ4n) is 3.80. The molecular weight excluding hydrogens is 362 g/mol. The average Bonchev–Trinajstić information content (AvgIpc) is 3.26. The van der Waals surface area contributed by atoms with Crippen LogP contribution in [0.1, 0.15) is 28.7 Å². The molecule has 1 aromatic heterocycles. The maximum absolute atomic E-state index is 12.8. The monoisotopic (exact) mass is 383 g/mol. The van der Waals surface area contributed by atoms with E-state index < -0.39 is 0 Å². The minimum Gasteiger partial charge on any atom is -0.496 e. The van der Waals surface area contributed by atoms with Crippen molar-refractivity contribution in [3.8, 4) is 5.75 Å². The lowest BCUT2D eigenvalue weighted by atomic mass is 10.0. The number of aryl methyl sites for hydroxylation is 2. The number of furan rings is 1. The summed E-state index contributed by atoms with van der Waals surface area (Å²) in [5.74, 6) is 0.753. The summed E-state index contributed by atoms with van der Waals surface area (Å²) >= 11 is 6.09. The van der Waals surface area contributed by atoms with Crippen LogP contribution in [-0.4, -0.2) is 25.0 Å². The maximum atomic E-state index is 12.8. The molecule has 1 aliphatic rings. The molecule has 4 rings (SSSR count). The van der Waals surface area contributed by atoms with E-state index in [4.69, 9.17) is 20.8 Å². The number of halogens is 1. The number of methoxy groups -OCH3 is 1. The van der Waals surface area contributed by atoms with Crippen LogP contribution in [0.15, 0.2) is 41.0 Å². The highest BCUT2D eigenvalue weighted by molar-refractivity contribution is 6.30. The molecule has 0 unspecified atom stereocenters. The summed E-state index contributed by atoms with van der Waals surface area (Å²) in [4.78, 5) is 14.5. The summed E-state index contributed by atoms with van der Waals surface area (Å²) in [6.45, 7) is 0.438. The van der Waals surface area contributed by atoms with Gasteiger partial charge in [0.1, 0.15) is 11.3 Å². The van der Waals surface area contributed by atoms with E-state index in [0.717, 1.165) is 40.7 Å².